The molecular formula is C17H19N3O2. The van der Waals surface area contributed by atoms with Crippen LogP contribution in [-0.4, -0.2) is 46.1 Å². The molecule has 114 valence electrons. The van der Waals surface area contributed by atoms with Crippen LogP contribution in [0.1, 0.15) is 34.8 Å². The van der Waals surface area contributed by atoms with E-state index in [1.807, 2.05) is 12.1 Å². The normalized spacial score (nSPS) is 19.0. The Kier molecular flexibility index (Phi) is 4.15. The summed E-state index contributed by atoms with van der Waals surface area (Å²) in [5, 5.41) is 9.08. The Labute approximate surface area is 129 Å². The number of piperidine rings is 1. The molecule has 1 saturated heterocycles. The Hall–Kier alpha value is -2.27. The second-order valence-corrected chi connectivity index (χ2v) is 5.82. The van der Waals surface area contributed by atoms with Crippen LogP contribution < -0.4 is 0 Å². The largest absolute Gasteiger partial charge is 0.478 e. The number of pyridine rings is 2. The predicted octanol–water partition coefficient (Wildman–Crippen LogP) is 2.65. The van der Waals surface area contributed by atoms with Crippen LogP contribution in [0.3, 0.4) is 0 Å². The van der Waals surface area contributed by atoms with E-state index in [1.54, 1.807) is 12.3 Å². The van der Waals surface area contributed by atoms with Gasteiger partial charge in [0.25, 0.3) is 0 Å². The highest BCUT2D eigenvalue weighted by Gasteiger charge is 2.20. The second-order valence-electron chi connectivity index (χ2n) is 5.82. The number of carboxylic acid groups (broad SMARTS) is 1. The fraction of sp³-hybridized carbons (Fsp3) is 0.353. The van der Waals surface area contributed by atoms with Gasteiger partial charge in [-0.3, -0.25) is 9.97 Å². The fourth-order valence-electron chi connectivity index (χ4n) is 2.94. The van der Waals surface area contributed by atoms with E-state index in [4.69, 9.17) is 10.1 Å². The first-order chi connectivity index (χ1) is 10.6. The molecule has 2 aromatic rings. The van der Waals surface area contributed by atoms with E-state index < -0.39 is 5.97 Å². The van der Waals surface area contributed by atoms with Gasteiger partial charge in [0.05, 0.1) is 11.3 Å². The summed E-state index contributed by atoms with van der Waals surface area (Å²) >= 11 is 0. The quantitative estimate of drug-likeness (QED) is 0.943. The molecule has 0 spiro atoms. The Morgan fingerprint density at radius 1 is 1.36 bits per heavy atom. The number of aromatic nitrogens is 2. The average molecular weight is 297 g/mol. The molecule has 1 N–H and O–H groups in total. The van der Waals surface area contributed by atoms with Crippen molar-refractivity contribution in [1.82, 2.24) is 14.9 Å². The fourth-order valence-corrected chi connectivity index (χ4v) is 2.94. The topological polar surface area (TPSA) is 66.3 Å². The zero-order chi connectivity index (χ0) is 15.5. The summed E-state index contributed by atoms with van der Waals surface area (Å²) in [6.07, 6.45) is 5.34. The smallest absolute Gasteiger partial charge is 0.337 e. The molecule has 5 nitrogen and oxygen atoms in total. The predicted molar refractivity (Wildman–Crippen MR) is 83.9 cm³/mol. The highest BCUT2D eigenvalue weighted by atomic mass is 16.4. The van der Waals surface area contributed by atoms with Gasteiger partial charge in [-0.25, -0.2) is 4.79 Å². The molecule has 0 aromatic carbocycles. The van der Waals surface area contributed by atoms with Gasteiger partial charge >= 0.3 is 5.97 Å². The highest BCUT2D eigenvalue weighted by Crippen LogP contribution is 2.27. The van der Waals surface area contributed by atoms with Gasteiger partial charge in [-0.2, -0.15) is 0 Å². The molecule has 0 saturated carbocycles. The third-order valence-corrected chi connectivity index (χ3v) is 4.09. The molecule has 0 bridgehead atoms. The van der Waals surface area contributed by atoms with Gasteiger partial charge < -0.3 is 10.0 Å². The summed E-state index contributed by atoms with van der Waals surface area (Å²) in [7, 11) is 2.14. The van der Waals surface area contributed by atoms with Gasteiger partial charge in [0, 0.05) is 36.1 Å². The zero-order valence-electron chi connectivity index (χ0n) is 12.6. The van der Waals surface area contributed by atoms with E-state index in [0.717, 1.165) is 36.5 Å². The number of aromatic carboxylic acids is 1. The molecule has 3 heterocycles. The first-order valence-corrected chi connectivity index (χ1v) is 7.47. The second kappa shape index (κ2) is 6.23. The summed E-state index contributed by atoms with van der Waals surface area (Å²) in [6.45, 7) is 2.16. The summed E-state index contributed by atoms with van der Waals surface area (Å²) in [5.41, 5.74) is 2.78. The summed E-state index contributed by atoms with van der Waals surface area (Å²) in [6, 6.07) is 7.56. The molecule has 3 rings (SSSR count). The van der Waals surface area contributed by atoms with E-state index in [2.05, 4.69) is 23.0 Å². The van der Waals surface area contributed by atoms with E-state index in [0.29, 0.717) is 5.92 Å². The Morgan fingerprint density at radius 3 is 3.00 bits per heavy atom. The molecule has 1 unspecified atom stereocenters. The SMILES string of the molecule is CN1CCCC(c2cccc(-c3cncc(C(=O)O)c3)n2)C1. The van der Waals surface area contributed by atoms with E-state index >= 15 is 0 Å². The highest BCUT2D eigenvalue weighted by molar-refractivity contribution is 5.88. The van der Waals surface area contributed by atoms with Crippen molar-refractivity contribution >= 4 is 5.97 Å². The molecule has 0 radical (unpaired) electrons. The third kappa shape index (κ3) is 3.14. The standard InChI is InChI=1S/C17H19N3O2/c1-20-7-3-4-12(11-20)15-5-2-6-16(19-15)13-8-14(17(21)22)10-18-9-13/h2,5-6,8-10,12H,3-4,7,11H2,1H3,(H,21,22). The van der Waals surface area contributed by atoms with Gasteiger partial charge in [0.2, 0.25) is 0 Å². The first-order valence-electron chi connectivity index (χ1n) is 7.47. The monoisotopic (exact) mass is 297 g/mol. The van der Waals surface area contributed by atoms with Gasteiger partial charge in [0.1, 0.15) is 0 Å². The number of carbonyl (C=O) groups is 1. The van der Waals surface area contributed by atoms with Gasteiger partial charge in [-0.15, -0.1) is 0 Å². The molecule has 2 aromatic heterocycles. The molecule has 1 aliphatic rings. The van der Waals surface area contributed by atoms with Crippen molar-refractivity contribution in [1.29, 1.82) is 0 Å². The van der Waals surface area contributed by atoms with Crippen LogP contribution in [0.5, 0.6) is 0 Å². The van der Waals surface area contributed by atoms with Crippen molar-refractivity contribution in [3.8, 4) is 11.3 Å². The van der Waals surface area contributed by atoms with Crippen molar-refractivity contribution in [2.24, 2.45) is 0 Å². The van der Waals surface area contributed by atoms with Gasteiger partial charge in [-0.1, -0.05) is 6.07 Å². The summed E-state index contributed by atoms with van der Waals surface area (Å²) < 4.78 is 0. The minimum absolute atomic E-state index is 0.183. The number of likely N-dealkylation sites (tertiary alicyclic amines) is 1. The number of likely N-dealkylation sites (N-methyl/N-ethyl adjacent to an activating group) is 1. The minimum atomic E-state index is -0.973. The van der Waals surface area contributed by atoms with Crippen molar-refractivity contribution in [2.75, 3.05) is 20.1 Å². The van der Waals surface area contributed by atoms with Crippen LogP contribution in [0.25, 0.3) is 11.3 Å². The number of hydrogen-bond donors (Lipinski definition) is 1. The van der Waals surface area contributed by atoms with Gasteiger partial charge in [0.15, 0.2) is 0 Å². The van der Waals surface area contributed by atoms with Gasteiger partial charge in [-0.05, 0) is 44.6 Å². The van der Waals surface area contributed by atoms with Crippen LogP contribution in [0.4, 0.5) is 0 Å². The zero-order valence-corrected chi connectivity index (χ0v) is 12.6. The molecule has 0 amide bonds. The maximum absolute atomic E-state index is 11.1. The van der Waals surface area contributed by atoms with Crippen LogP contribution >= 0.6 is 0 Å². The van der Waals surface area contributed by atoms with Crippen molar-refractivity contribution in [3.05, 3.63) is 47.9 Å². The van der Waals surface area contributed by atoms with Crippen LogP contribution in [0.2, 0.25) is 0 Å². The Morgan fingerprint density at radius 2 is 2.23 bits per heavy atom. The lowest BCUT2D eigenvalue weighted by molar-refractivity contribution is 0.0696. The molecule has 1 fully saturated rings. The lowest BCUT2D eigenvalue weighted by atomic mass is 9.94. The lowest BCUT2D eigenvalue weighted by Gasteiger charge is -2.29. The van der Waals surface area contributed by atoms with E-state index in [-0.39, 0.29) is 5.56 Å². The maximum atomic E-state index is 11.1. The summed E-state index contributed by atoms with van der Waals surface area (Å²) in [5.74, 6) is -0.534. The van der Waals surface area contributed by atoms with E-state index in [9.17, 15) is 4.79 Å². The third-order valence-electron chi connectivity index (χ3n) is 4.09. The molecule has 0 aliphatic carbocycles. The molecular weight excluding hydrogens is 278 g/mol. The lowest BCUT2D eigenvalue weighted by Crippen LogP contribution is -2.31. The van der Waals surface area contributed by atoms with Crippen molar-refractivity contribution in [2.45, 2.75) is 18.8 Å². The Bertz CT molecular complexity index is 687. The number of hydrogen-bond acceptors (Lipinski definition) is 4. The van der Waals surface area contributed by atoms with Crippen molar-refractivity contribution in [3.63, 3.8) is 0 Å². The number of rotatable bonds is 3. The summed E-state index contributed by atoms with van der Waals surface area (Å²) in [4.78, 5) is 22.1. The average Bonchev–Trinajstić information content (AvgIpc) is 2.55. The first kappa shape index (κ1) is 14.7. The molecule has 1 atom stereocenters. The molecule has 22 heavy (non-hydrogen) atoms. The Balaban J connectivity index is 1.90. The minimum Gasteiger partial charge on any atom is -0.478 e. The van der Waals surface area contributed by atoms with Crippen LogP contribution in [-0.2, 0) is 0 Å². The number of nitrogens with zero attached hydrogens (tertiary/aromatic N) is 3. The van der Waals surface area contributed by atoms with Crippen LogP contribution in [0, 0.1) is 0 Å². The molecule has 5 heteroatoms. The van der Waals surface area contributed by atoms with Crippen molar-refractivity contribution < 1.29 is 9.90 Å². The molecule has 1 aliphatic heterocycles. The maximum Gasteiger partial charge on any atom is 0.337 e. The number of carboxylic acids is 1. The van der Waals surface area contributed by atoms with Crippen LogP contribution in [0.15, 0.2) is 36.7 Å². The van der Waals surface area contributed by atoms with E-state index in [1.165, 1.54) is 12.6 Å².